The van der Waals surface area contributed by atoms with E-state index in [0.29, 0.717) is 11.6 Å². The predicted molar refractivity (Wildman–Crippen MR) is 91.2 cm³/mol. The molecule has 0 aromatic heterocycles. The molecule has 0 unspecified atom stereocenters. The zero-order valence-corrected chi connectivity index (χ0v) is 13.7. The summed E-state index contributed by atoms with van der Waals surface area (Å²) in [5.74, 6) is 0.581. The van der Waals surface area contributed by atoms with E-state index in [9.17, 15) is 13.5 Å². The zero-order valence-electron chi connectivity index (χ0n) is 12.9. The topological polar surface area (TPSA) is 66.4 Å². The van der Waals surface area contributed by atoms with Crippen molar-refractivity contribution in [1.82, 2.24) is 0 Å². The molecule has 1 aliphatic rings. The summed E-state index contributed by atoms with van der Waals surface area (Å²) >= 11 is 0. The number of rotatable bonds is 4. The van der Waals surface area contributed by atoms with Gasteiger partial charge in [0.05, 0.1) is 10.6 Å². The third-order valence-electron chi connectivity index (χ3n) is 4.37. The van der Waals surface area contributed by atoms with Crippen molar-refractivity contribution in [2.24, 2.45) is 0 Å². The van der Waals surface area contributed by atoms with Gasteiger partial charge >= 0.3 is 0 Å². The summed E-state index contributed by atoms with van der Waals surface area (Å²) in [7, 11) is -3.64. The molecular weight excluding hydrogens is 310 g/mol. The van der Waals surface area contributed by atoms with E-state index in [0.717, 1.165) is 0 Å². The van der Waals surface area contributed by atoms with Gasteiger partial charge in [0.15, 0.2) is 0 Å². The minimum atomic E-state index is -3.64. The van der Waals surface area contributed by atoms with Gasteiger partial charge in [-0.05, 0) is 48.6 Å². The highest BCUT2D eigenvalue weighted by Crippen LogP contribution is 2.33. The van der Waals surface area contributed by atoms with Crippen molar-refractivity contribution in [2.75, 3.05) is 4.72 Å². The monoisotopic (exact) mass is 331 g/mol. The van der Waals surface area contributed by atoms with Crippen molar-refractivity contribution in [3.63, 3.8) is 0 Å². The van der Waals surface area contributed by atoms with E-state index >= 15 is 0 Å². The normalized spacial score (nSPS) is 16.2. The maximum atomic E-state index is 12.4. The number of anilines is 1. The molecule has 23 heavy (non-hydrogen) atoms. The smallest absolute Gasteiger partial charge is 0.261 e. The first-order valence-corrected chi connectivity index (χ1v) is 9.45. The number of phenolic OH excluding ortho intramolecular Hbond substituents is 1. The minimum absolute atomic E-state index is 0.0258. The van der Waals surface area contributed by atoms with Gasteiger partial charge in [-0.1, -0.05) is 37.5 Å². The maximum absolute atomic E-state index is 12.4. The van der Waals surface area contributed by atoms with Crippen LogP contribution in [0.2, 0.25) is 0 Å². The SMILES string of the molecule is O=S(=O)(Nc1cccc(O)c1)c1ccc(C2CCCCC2)cc1. The van der Waals surface area contributed by atoms with Crippen LogP contribution in [0.5, 0.6) is 5.75 Å². The summed E-state index contributed by atoms with van der Waals surface area (Å²) < 4.78 is 27.3. The Hall–Kier alpha value is -2.01. The lowest BCUT2D eigenvalue weighted by molar-refractivity contribution is 0.443. The van der Waals surface area contributed by atoms with E-state index < -0.39 is 10.0 Å². The van der Waals surface area contributed by atoms with Crippen LogP contribution in [0.15, 0.2) is 53.4 Å². The second-order valence-corrected chi connectivity index (χ2v) is 7.74. The summed E-state index contributed by atoms with van der Waals surface area (Å²) in [5, 5.41) is 9.43. The quantitative estimate of drug-likeness (QED) is 0.880. The van der Waals surface area contributed by atoms with Gasteiger partial charge in [-0.15, -0.1) is 0 Å². The van der Waals surface area contributed by atoms with E-state index in [1.54, 1.807) is 24.3 Å². The van der Waals surface area contributed by atoms with Gasteiger partial charge in [-0.2, -0.15) is 0 Å². The van der Waals surface area contributed by atoms with E-state index in [1.165, 1.54) is 49.8 Å². The average Bonchev–Trinajstić information content (AvgIpc) is 2.55. The first kappa shape index (κ1) is 15.9. The number of hydrogen-bond donors (Lipinski definition) is 2. The molecule has 5 heteroatoms. The Labute approximate surface area is 137 Å². The van der Waals surface area contributed by atoms with E-state index in [2.05, 4.69) is 4.72 Å². The molecule has 122 valence electrons. The van der Waals surface area contributed by atoms with E-state index in [4.69, 9.17) is 0 Å². The summed E-state index contributed by atoms with van der Waals surface area (Å²) in [6, 6.07) is 13.3. The highest BCUT2D eigenvalue weighted by atomic mass is 32.2. The number of sulfonamides is 1. The summed E-state index contributed by atoms with van der Waals surface area (Å²) in [6.07, 6.45) is 6.19. The van der Waals surface area contributed by atoms with E-state index in [1.807, 2.05) is 12.1 Å². The van der Waals surface area contributed by atoms with Crippen molar-refractivity contribution in [3.05, 3.63) is 54.1 Å². The molecule has 0 amide bonds. The molecule has 0 spiro atoms. The van der Waals surface area contributed by atoms with Crippen molar-refractivity contribution < 1.29 is 13.5 Å². The Morgan fingerprint density at radius 1 is 0.957 bits per heavy atom. The number of hydrogen-bond acceptors (Lipinski definition) is 3. The van der Waals surface area contributed by atoms with Crippen LogP contribution < -0.4 is 4.72 Å². The van der Waals surface area contributed by atoms with Crippen LogP contribution in [-0.2, 0) is 10.0 Å². The fourth-order valence-electron chi connectivity index (χ4n) is 3.14. The molecule has 2 aromatic rings. The van der Waals surface area contributed by atoms with Gasteiger partial charge in [-0.3, -0.25) is 4.72 Å². The molecule has 0 saturated heterocycles. The number of benzene rings is 2. The Morgan fingerprint density at radius 3 is 2.30 bits per heavy atom. The average molecular weight is 331 g/mol. The lowest BCUT2D eigenvalue weighted by atomic mass is 9.84. The molecule has 1 aliphatic carbocycles. The Morgan fingerprint density at radius 2 is 1.65 bits per heavy atom. The molecule has 0 radical (unpaired) electrons. The van der Waals surface area contributed by atoms with Crippen molar-refractivity contribution >= 4 is 15.7 Å². The fraction of sp³-hybridized carbons (Fsp3) is 0.333. The number of nitrogens with one attached hydrogen (secondary N) is 1. The molecule has 0 atom stereocenters. The van der Waals surface area contributed by atoms with Gasteiger partial charge in [0.1, 0.15) is 5.75 Å². The second kappa shape index (κ2) is 6.62. The second-order valence-electron chi connectivity index (χ2n) is 6.06. The van der Waals surface area contributed by atoms with Crippen LogP contribution in [0, 0.1) is 0 Å². The van der Waals surface area contributed by atoms with Gasteiger partial charge in [-0.25, -0.2) is 8.42 Å². The number of aromatic hydroxyl groups is 1. The highest BCUT2D eigenvalue weighted by Gasteiger charge is 2.18. The summed E-state index contributed by atoms with van der Waals surface area (Å²) in [6.45, 7) is 0. The Bertz CT molecular complexity index is 763. The lowest BCUT2D eigenvalue weighted by Gasteiger charge is -2.22. The molecule has 0 bridgehead atoms. The van der Waals surface area contributed by atoms with Crippen LogP contribution in [0.25, 0.3) is 0 Å². The van der Waals surface area contributed by atoms with Crippen molar-refractivity contribution in [2.45, 2.75) is 42.9 Å². The van der Waals surface area contributed by atoms with Crippen LogP contribution in [0.3, 0.4) is 0 Å². The molecule has 0 aliphatic heterocycles. The zero-order chi connectivity index (χ0) is 16.3. The predicted octanol–water partition coefficient (Wildman–Crippen LogP) is 4.24. The molecule has 0 heterocycles. The molecule has 2 N–H and O–H groups in total. The number of phenols is 1. The van der Waals surface area contributed by atoms with Gasteiger partial charge < -0.3 is 5.11 Å². The molecule has 1 saturated carbocycles. The van der Waals surface area contributed by atoms with Gasteiger partial charge in [0.2, 0.25) is 0 Å². The van der Waals surface area contributed by atoms with Gasteiger partial charge in [0, 0.05) is 6.07 Å². The third kappa shape index (κ3) is 3.85. The molecular formula is C18H21NO3S. The fourth-order valence-corrected chi connectivity index (χ4v) is 4.19. The van der Waals surface area contributed by atoms with Crippen LogP contribution in [0.4, 0.5) is 5.69 Å². The molecule has 2 aromatic carbocycles. The molecule has 3 rings (SSSR count). The highest BCUT2D eigenvalue weighted by molar-refractivity contribution is 7.92. The molecule has 4 nitrogen and oxygen atoms in total. The van der Waals surface area contributed by atoms with E-state index in [-0.39, 0.29) is 10.6 Å². The molecule has 1 fully saturated rings. The van der Waals surface area contributed by atoms with Crippen LogP contribution >= 0.6 is 0 Å². The lowest BCUT2D eigenvalue weighted by Crippen LogP contribution is -2.13. The standard InChI is InChI=1S/C18H21NO3S/c20-17-8-4-7-16(13-17)19-23(21,22)18-11-9-15(10-12-18)14-5-2-1-3-6-14/h4,7-14,19-20H,1-3,5-6H2. The third-order valence-corrected chi connectivity index (χ3v) is 5.76. The van der Waals surface area contributed by atoms with Crippen molar-refractivity contribution in [3.8, 4) is 5.75 Å². The largest absolute Gasteiger partial charge is 0.508 e. The minimum Gasteiger partial charge on any atom is -0.508 e. The maximum Gasteiger partial charge on any atom is 0.261 e. The Balaban J connectivity index is 1.77. The summed E-state index contributed by atoms with van der Waals surface area (Å²) in [5.41, 5.74) is 1.57. The first-order chi connectivity index (χ1) is 11.0. The van der Waals surface area contributed by atoms with Gasteiger partial charge in [0.25, 0.3) is 10.0 Å². The first-order valence-electron chi connectivity index (χ1n) is 7.96. The van der Waals surface area contributed by atoms with Crippen LogP contribution in [-0.4, -0.2) is 13.5 Å². The Kier molecular flexibility index (Phi) is 4.57. The van der Waals surface area contributed by atoms with Crippen molar-refractivity contribution in [1.29, 1.82) is 0 Å². The van der Waals surface area contributed by atoms with Crippen LogP contribution in [0.1, 0.15) is 43.6 Å². The summed E-state index contributed by atoms with van der Waals surface area (Å²) in [4.78, 5) is 0.236.